The average Bonchev–Trinajstić information content (AvgIpc) is 2.29. The standard InChI is InChI=1S/C16H32N2/c1-5-18(6-2)16(3,4)15(17)14-12-10-8-7-9-11-13-14/h12,15H,5-11,13,17H2,1-4H3. The number of rotatable bonds is 5. The molecule has 1 atom stereocenters. The maximum absolute atomic E-state index is 6.59. The molecule has 1 rings (SSSR count). The fraction of sp³-hybridized carbons (Fsp3) is 0.875. The second-order valence-corrected chi connectivity index (χ2v) is 6.04. The van der Waals surface area contributed by atoms with Gasteiger partial charge in [0.2, 0.25) is 0 Å². The predicted octanol–water partition coefficient (Wildman–Crippen LogP) is 3.71. The zero-order valence-corrected chi connectivity index (χ0v) is 12.8. The van der Waals surface area contributed by atoms with Crippen LogP contribution in [0.25, 0.3) is 0 Å². The number of nitrogens with zero attached hydrogens (tertiary/aromatic N) is 1. The highest BCUT2D eigenvalue weighted by atomic mass is 15.2. The maximum Gasteiger partial charge on any atom is 0.0435 e. The molecule has 1 aliphatic rings. The van der Waals surface area contributed by atoms with Gasteiger partial charge in [0.15, 0.2) is 0 Å². The third kappa shape index (κ3) is 3.83. The van der Waals surface area contributed by atoms with Crippen molar-refractivity contribution in [3.05, 3.63) is 11.6 Å². The normalized spacial score (nSPS) is 20.2. The van der Waals surface area contributed by atoms with E-state index in [1.54, 1.807) is 0 Å². The molecule has 106 valence electrons. The number of likely N-dealkylation sites (N-methyl/N-ethyl adjacent to an activating group) is 1. The predicted molar refractivity (Wildman–Crippen MR) is 80.8 cm³/mol. The second kappa shape index (κ2) is 7.30. The molecule has 0 aromatic carbocycles. The van der Waals surface area contributed by atoms with Crippen molar-refractivity contribution in [3.8, 4) is 0 Å². The minimum Gasteiger partial charge on any atom is -0.323 e. The molecule has 0 bridgehead atoms. The van der Waals surface area contributed by atoms with Gasteiger partial charge in [-0.2, -0.15) is 0 Å². The van der Waals surface area contributed by atoms with Crippen LogP contribution in [0.4, 0.5) is 0 Å². The number of allylic oxidation sites excluding steroid dienone is 1. The van der Waals surface area contributed by atoms with E-state index in [2.05, 4.69) is 38.7 Å². The summed E-state index contributed by atoms with van der Waals surface area (Å²) in [5.74, 6) is 0. The van der Waals surface area contributed by atoms with Gasteiger partial charge in [-0.15, -0.1) is 0 Å². The van der Waals surface area contributed by atoms with E-state index in [1.807, 2.05) is 0 Å². The highest BCUT2D eigenvalue weighted by Crippen LogP contribution is 2.27. The van der Waals surface area contributed by atoms with E-state index in [0.29, 0.717) is 0 Å². The summed E-state index contributed by atoms with van der Waals surface area (Å²) in [6, 6.07) is 0.176. The van der Waals surface area contributed by atoms with Gasteiger partial charge in [0.05, 0.1) is 0 Å². The topological polar surface area (TPSA) is 29.3 Å². The van der Waals surface area contributed by atoms with Crippen molar-refractivity contribution in [3.63, 3.8) is 0 Å². The lowest BCUT2D eigenvalue weighted by molar-refractivity contribution is 0.116. The minimum absolute atomic E-state index is 0.0640. The zero-order chi connectivity index (χ0) is 13.6. The van der Waals surface area contributed by atoms with Gasteiger partial charge in [-0.25, -0.2) is 0 Å². The van der Waals surface area contributed by atoms with Crippen LogP contribution in [0.15, 0.2) is 11.6 Å². The first-order valence-electron chi connectivity index (χ1n) is 7.73. The molecule has 2 heteroatoms. The summed E-state index contributed by atoms with van der Waals surface area (Å²) in [6.45, 7) is 11.2. The van der Waals surface area contributed by atoms with E-state index in [1.165, 1.54) is 44.1 Å². The first kappa shape index (κ1) is 15.7. The SMILES string of the molecule is CCN(CC)C(C)(C)C(N)C1=CCCCCCC1. The van der Waals surface area contributed by atoms with Crippen LogP contribution >= 0.6 is 0 Å². The summed E-state index contributed by atoms with van der Waals surface area (Å²) in [4.78, 5) is 2.48. The van der Waals surface area contributed by atoms with Crippen LogP contribution in [0, 0.1) is 0 Å². The Kier molecular flexibility index (Phi) is 6.37. The molecule has 18 heavy (non-hydrogen) atoms. The molecular weight excluding hydrogens is 220 g/mol. The van der Waals surface area contributed by atoms with Crippen molar-refractivity contribution in [2.24, 2.45) is 5.73 Å². The lowest BCUT2D eigenvalue weighted by atomic mass is 9.83. The molecule has 0 saturated carbocycles. The fourth-order valence-corrected chi connectivity index (χ4v) is 3.19. The summed E-state index contributed by atoms with van der Waals surface area (Å²) in [7, 11) is 0. The lowest BCUT2D eigenvalue weighted by Gasteiger charge is -2.43. The lowest BCUT2D eigenvalue weighted by Crippen LogP contribution is -2.56. The van der Waals surface area contributed by atoms with Crippen LogP contribution < -0.4 is 5.73 Å². The summed E-state index contributed by atoms with van der Waals surface area (Å²) in [5.41, 5.74) is 8.14. The average molecular weight is 252 g/mol. The molecule has 0 radical (unpaired) electrons. The second-order valence-electron chi connectivity index (χ2n) is 6.04. The Bertz CT molecular complexity index is 264. The third-order valence-electron chi connectivity index (χ3n) is 4.57. The van der Waals surface area contributed by atoms with Gasteiger partial charge >= 0.3 is 0 Å². The van der Waals surface area contributed by atoms with Gasteiger partial charge in [0.1, 0.15) is 0 Å². The van der Waals surface area contributed by atoms with Gasteiger partial charge in [0, 0.05) is 11.6 Å². The van der Waals surface area contributed by atoms with Crippen molar-refractivity contribution in [1.82, 2.24) is 4.90 Å². The zero-order valence-electron chi connectivity index (χ0n) is 12.8. The third-order valence-corrected chi connectivity index (χ3v) is 4.57. The smallest absolute Gasteiger partial charge is 0.0435 e. The number of hydrogen-bond donors (Lipinski definition) is 1. The van der Waals surface area contributed by atoms with E-state index in [4.69, 9.17) is 5.73 Å². The molecule has 0 heterocycles. The van der Waals surface area contributed by atoms with E-state index in [-0.39, 0.29) is 11.6 Å². The minimum atomic E-state index is 0.0640. The molecule has 2 nitrogen and oxygen atoms in total. The van der Waals surface area contributed by atoms with Gasteiger partial charge < -0.3 is 5.73 Å². The van der Waals surface area contributed by atoms with Crippen molar-refractivity contribution < 1.29 is 0 Å². The van der Waals surface area contributed by atoms with Crippen molar-refractivity contribution in [1.29, 1.82) is 0 Å². The number of hydrogen-bond acceptors (Lipinski definition) is 2. The van der Waals surface area contributed by atoms with Gasteiger partial charge in [0.25, 0.3) is 0 Å². The Morgan fingerprint density at radius 1 is 1.17 bits per heavy atom. The summed E-state index contributed by atoms with van der Waals surface area (Å²) in [6.07, 6.45) is 10.3. The molecule has 0 aromatic heterocycles. The van der Waals surface area contributed by atoms with Crippen LogP contribution in [0.5, 0.6) is 0 Å². The van der Waals surface area contributed by atoms with Crippen molar-refractivity contribution >= 4 is 0 Å². The number of nitrogens with two attached hydrogens (primary N) is 1. The highest BCUT2D eigenvalue weighted by Gasteiger charge is 2.33. The Hall–Kier alpha value is -0.340. The van der Waals surface area contributed by atoms with Crippen molar-refractivity contribution in [2.45, 2.75) is 77.8 Å². The van der Waals surface area contributed by atoms with Crippen LogP contribution in [0.3, 0.4) is 0 Å². The summed E-state index contributed by atoms with van der Waals surface area (Å²) < 4.78 is 0. The van der Waals surface area contributed by atoms with Gasteiger partial charge in [-0.1, -0.05) is 38.3 Å². The molecule has 0 fully saturated rings. The molecule has 0 saturated heterocycles. The first-order chi connectivity index (χ1) is 8.54. The molecule has 2 N–H and O–H groups in total. The fourth-order valence-electron chi connectivity index (χ4n) is 3.19. The molecule has 1 aliphatic carbocycles. The Balaban J connectivity index is 2.79. The van der Waals surface area contributed by atoms with Crippen molar-refractivity contribution in [2.75, 3.05) is 13.1 Å². The largest absolute Gasteiger partial charge is 0.323 e. The van der Waals surface area contributed by atoms with Crippen LogP contribution in [0.1, 0.15) is 66.2 Å². The van der Waals surface area contributed by atoms with Gasteiger partial charge in [-0.05, 0) is 52.6 Å². The van der Waals surface area contributed by atoms with E-state index >= 15 is 0 Å². The van der Waals surface area contributed by atoms with Gasteiger partial charge in [-0.3, -0.25) is 4.90 Å². The quantitative estimate of drug-likeness (QED) is 0.756. The molecular formula is C16H32N2. The Morgan fingerprint density at radius 2 is 1.78 bits per heavy atom. The van der Waals surface area contributed by atoms with E-state index < -0.39 is 0 Å². The Morgan fingerprint density at radius 3 is 2.39 bits per heavy atom. The highest BCUT2D eigenvalue weighted by molar-refractivity contribution is 5.17. The molecule has 0 amide bonds. The van der Waals surface area contributed by atoms with Crippen LogP contribution in [-0.2, 0) is 0 Å². The van der Waals surface area contributed by atoms with E-state index in [9.17, 15) is 0 Å². The molecule has 0 spiro atoms. The summed E-state index contributed by atoms with van der Waals surface area (Å²) in [5, 5.41) is 0. The van der Waals surface area contributed by atoms with Crippen LogP contribution in [-0.4, -0.2) is 29.6 Å². The molecule has 0 aromatic rings. The monoisotopic (exact) mass is 252 g/mol. The molecule has 0 aliphatic heterocycles. The van der Waals surface area contributed by atoms with E-state index in [0.717, 1.165) is 13.1 Å². The first-order valence-corrected chi connectivity index (χ1v) is 7.73. The molecule has 1 unspecified atom stereocenters. The maximum atomic E-state index is 6.59. The Labute approximate surface area is 114 Å². The summed E-state index contributed by atoms with van der Waals surface area (Å²) >= 11 is 0. The van der Waals surface area contributed by atoms with Crippen LogP contribution in [0.2, 0.25) is 0 Å².